The van der Waals surface area contributed by atoms with Gasteiger partial charge >= 0.3 is 0 Å². The molecule has 0 aromatic heterocycles. The van der Waals surface area contributed by atoms with Gasteiger partial charge in [-0.2, -0.15) is 5.26 Å². The number of sulfonamides is 1. The third-order valence-corrected chi connectivity index (χ3v) is 10.0. The van der Waals surface area contributed by atoms with E-state index in [0.717, 1.165) is 24.2 Å². The summed E-state index contributed by atoms with van der Waals surface area (Å²) in [5.41, 5.74) is -1.02. The maximum absolute atomic E-state index is 13.3. The third-order valence-electron chi connectivity index (χ3n) is 7.24. The summed E-state index contributed by atoms with van der Waals surface area (Å²) in [4.78, 5) is 15.4. The SMILES string of the molecule is C[C@]1(C(=O)NS(=O)(=O)c2cc(Cl)c(N[C@H](CCN3CC(F)C3)CSc3ccc(F)cc3)c(C#N)c2)CCCCCO1. The van der Waals surface area contributed by atoms with Crippen molar-refractivity contribution in [3.05, 3.63) is 52.8 Å². The molecule has 2 atom stereocenters. The maximum Gasteiger partial charge on any atom is 0.265 e. The van der Waals surface area contributed by atoms with Gasteiger partial charge in [0.2, 0.25) is 0 Å². The minimum atomic E-state index is -4.35. The lowest BCUT2D eigenvalue weighted by molar-refractivity contribution is -0.142. The largest absolute Gasteiger partial charge is 0.379 e. The summed E-state index contributed by atoms with van der Waals surface area (Å²) in [6, 6.07) is 10.2. The molecule has 0 aliphatic carbocycles. The first kappa shape index (κ1) is 31.5. The molecule has 0 radical (unpaired) electrons. The molecule has 8 nitrogen and oxygen atoms in total. The number of hydrogen-bond donors (Lipinski definition) is 2. The maximum atomic E-state index is 13.3. The van der Waals surface area contributed by atoms with E-state index in [4.69, 9.17) is 16.3 Å². The Morgan fingerprint density at radius 3 is 2.68 bits per heavy atom. The van der Waals surface area contributed by atoms with Crippen LogP contribution in [-0.2, 0) is 19.6 Å². The van der Waals surface area contributed by atoms with Crippen molar-refractivity contribution in [3.8, 4) is 6.07 Å². The van der Waals surface area contributed by atoms with Crippen LogP contribution in [0.2, 0.25) is 5.02 Å². The van der Waals surface area contributed by atoms with Crippen LogP contribution in [0, 0.1) is 17.1 Å². The molecule has 2 aliphatic heterocycles. The number of nitrogens with one attached hydrogen (secondary N) is 2. The molecule has 222 valence electrons. The van der Waals surface area contributed by atoms with Crippen molar-refractivity contribution in [3.63, 3.8) is 0 Å². The van der Waals surface area contributed by atoms with Gasteiger partial charge in [-0.05, 0) is 69.0 Å². The van der Waals surface area contributed by atoms with Crippen LogP contribution in [0.5, 0.6) is 0 Å². The minimum Gasteiger partial charge on any atom is -0.379 e. The number of carbonyl (C=O) groups is 1. The Morgan fingerprint density at radius 2 is 2.00 bits per heavy atom. The molecule has 2 aromatic rings. The quantitative estimate of drug-likeness (QED) is 0.331. The van der Waals surface area contributed by atoms with Crippen molar-refractivity contribution in [2.24, 2.45) is 0 Å². The zero-order chi connectivity index (χ0) is 29.6. The summed E-state index contributed by atoms with van der Waals surface area (Å²) >= 11 is 8.01. The molecule has 0 bridgehead atoms. The number of carbonyl (C=O) groups excluding carboxylic acids is 1. The standard InChI is InChI=1S/C28H33ClF2N4O4S2/c1-28(10-3-2-4-12-39-28)27(36)34-41(37,38)24-13-19(15-32)26(25(29)14-24)33-22(9-11-35-16-21(31)17-35)18-40-23-7-5-20(30)6-8-23/h5-8,13-14,21-22,33H,2-4,9-12,16-18H2,1H3,(H,34,36)/t22-,28-/m1/s1. The zero-order valence-corrected chi connectivity index (χ0v) is 25.1. The first-order valence-corrected chi connectivity index (χ1v) is 16.3. The van der Waals surface area contributed by atoms with E-state index in [2.05, 4.69) is 10.0 Å². The molecule has 2 heterocycles. The summed E-state index contributed by atoms with van der Waals surface area (Å²) in [5, 5.41) is 13.2. The Bertz CT molecular complexity index is 1370. The number of halogens is 3. The second kappa shape index (κ2) is 13.7. The summed E-state index contributed by atoms with van der Waals surface area (Å²) in [6.45, 7) is 3.28. The fraction of sp³-hybridized carbons (Fsp3) is 0.500. The first-order chi connectivity index (χ1) is 19.5. The number of benzene rings is 2. The van der Waals surface area contributed by atoms with Gasteiger partial charge in [0.1, 0.15) is 23.7 Å². The van der Waals surface area contributed by atoms with Crippen LogP contribution in [0.25, 0.3) is 0 Å². The average Bonchev–Trinajstić information content (AvgIpc) is 3.15. The number of alkyl halides is 1. The van der Waals surface area contributed by atoms with Gasteiger partial charge in [-0.3, -0.25) is 9.69 Å². The summed E-state index contributed by atoms with van der Waals surface area (Å²) in [5.74, 6) is -0.584. The predicted molar refractivity (Wildman–Crippen MR) is 155 cm³/mol. The Balaban J connectivity index is 1.51. The number of amides is 1. The van der Waals surface area contributed by atoms with E-state index in [1.54, 1.807) is 19.1 Å². The van der Waals surface area contributed by atoms with Crippen LogP contribution in [0.4, 0.5) is 14.5 Å². The molecule has 0 unspecified atom stereocenters. The lowest BCUT2D eigenvalue weighted by atomic mass is 9.99. The molecule has 2 N–H and O–H groups in total. The number of anilines is 1. The summed E-state index contributed by atoms with van der Waals surface area (Å²) < 4.78 is 60.7. The Hall–Kier alpha value is -2.43. The fourth-order valence-corrected chi connectivity index (χ4v) is 7.14. The topological polar surface area (TPSA) is 112 Å². The highest BCUT2D eigenvalue weighted by Gasteiger charge is 2.38. The number of nitrogens with zero attached hydrogens (tertiary/aromatic N) is 2. The van der Waals surface area contributed by atoms with Crippen LogP contribution in [0.3, 0.4) is 0 Å². The minimum absolute atomic E-state index is 0.00152. The molecule has 13 heteroatoms. The number of likely N-dealkylation sites (tertiary alicyclic amines) is 1. The number of ether oxygens (including phenoxy) is 1. The van der Waals surface area contributed by atoms with E-state index in [1.165, 1.54) is 36.0 Å². The molecule has 2 saturated heterocycles. The molecular formula is C28H33ClF2N4O4S2. The highest BCUT2D eigenvalue weighted by molar-refractivity contribution is 7.99. The Labute approximate surface area is 248 Å². The van der Waals surface area contributed by atoms with E-state index in [-0.39, 0.29) is 33.0 Å². The number of nitriles is 1. The lowest BCUT2D eigenvalue weighted by Gasteiger charge is -2.35. The first-order valence-electron chi connectivity index (χ1n) is 13.5. The van der Waals surface area contributed by atoms with Crippen molar-refractivity contribution in [1.82, 2.24) is 9.62 Å². The van der Waals surface area contributed by atoms with E-state index < -0.39 is 27.7 Å². The van der Waals surface area contributed by atoms with E-state index in [1.807, 2.05) is 11.0 Å². The summed E-state index contributed by atoms with van der Waals surface area (Å²) in [7, 11) is -4.35. The molecule has 2 fully saturated rings. The van der Waals surface area contributed by atoms with Crippen LogP contribution < -0.4 is 10.0 Å². The van der Waals surface area contributed by atoms with Gasteiger partial charge in [-0.25, -0.2) is 21.9 Å². The van der Waals surface area contributed by atoms with Crippen LogP contribution >= 0.6 is 23.4 Å². The van der Waals surface area contributed by atoms with Crippen molar-refractivity contribution in [2.45, 2.75) is 66.6 Å². The van der Waals surface area contributed by atoms with Gasteiger partial charge in [0.05, 0.1) is 21.2 Å². The van der Waals surface area contributed by atoms with E-state index in [9.17, 15) is 27.3 Å². The smallest absolute Gasteiger partial charge is 0.265 e. The van der Waals surface area contributed by atoms with Gasteiger partial charge < -0.3 is 10.1 Å². The number of hydrogen-bond acceptors (Lipinski definition) is 8. The number of thioether (sulfide) groups is 1. The van der Waals surface area contributed by atoms with Crippen molar-refractivity contribution >= 4 is 45.0 Å². The van der Waals surface area contributed by atoms with Crippen molar-refractivity contribution < 1.29 is 26.7 Å². The van der Waals surface area contributed by atoms with E-state index >= 15 is 0 Å². The molecule has 0 spiro atoms. The third kappa shape index (κ3) is 8.32. The van der Waals surface area contributed by atoms with Crippen molar-refractivity contribution in [1.29, 1.82) is 5.26 Å². The predicted octanol–water partition coefficient (Wildman–Crippen LogP) is 5.12. The van der Waals surface area contributed by atoms with Crippen LogP contribution in [-0.4, -0.2) is 69.0 Å². The molecule has 2 aliphatic rings. The van der Waals surface area contributed by atoms with Gasteiger partial charge in [0.15, 0.2) is 0 Å². The molecule has 2 aromatic carbocycles. The van der Waals surface area contributed by atoms with Gasteiger partial charge in [-0.15, -0.1) is 11.8 Å². The Kier molecular flexibility index (Phi) is 10.5. The average molecular weight is 627 g/mol. The molecule has 4 rings (SSSR count). The molecule has 1 amide bonds. The highest BCUT2D eigenvalue weighted by Crippen LogP contribution is 2.32. The zero-order valence-electron chi connectivity index (χ0n) is 22.7. The van der Waals surface area contributed by atoms with Crippen LogP contribution in [0.15, 0.2) is 46.2 Å². The molecule has 0 saturated carbocycles. The van der Waals surface area contributed by atoms with Gasteiger partial charge in [0.25, 0.3) is 15.9 Å². The monoisotopic (exact) mass is 626 g/mol. The van der Waals surface area contributed by atoms with Crippen LogP contribution in [0.1, 0.15) is 44.6 Å². The Morgan fingerprint density at radius 1 is 1.27 bits per heavy atom. The molecule has 41 heavy (non-hydrogen) atoms. The highest BCUT2D eigenvalue weighted by atomic mass is 35.5. The fourth-order valence-electron chi connectivity index (χ4n) is 4.71. The van der Waals surface area contributed by atoms with Gasteiger partial charge in [-0.1, -0.05) is 18.0 Å². The lowest BCUT2D eigenvalue weighted by Crippen LogP contribution is -2.49. The molecular weight excluding hydrogens is 594 g/mol. The van der Waals surface area contributed by atoms with E-state index in [0.29, 0.717) is 44.8 Å². The summed E-state index contributed by atoms with van der Waals surface area (Å²) in [6.07, 6.45) is 2.58. The second-order valence-corrected chi connectivity index (χ2v) is 13.7. The second-order valence-electron chi connectivity index (χ2n) is 10.5. The number of rotatable bonds is 11. The van der Waals surface area contributed by atoms with Crippen molar-refractivity contribution in [2.75, 3.05) is 37.3 Å². The normalized spacial score (nSPS) is 20.9. The van der Waals surface area contributed by atoms with Gasteiger partial charge in [0, 0.05) is 42.9 Å².